The molecule has 0 aliphatic rings. The van der Waals surface area contributed by atoms with E-state index >= 15 is 0 Å². The van der Waals surface area contributed by atoms with E-state index < -0.39 is 0 Å². The van der Waals surface area contributed by atoms with E-state index in [0.29, 0.717) is 12.0 Å². The molecule has 86 valence electrons. The van der Waals surface area contributed by atoms with E-state index in [0.717, 1.165) is 11.3 Å². The molecule has 0 saturated heterocycles. The molecule has 0 aliphatic carbocycles. The molecule has 0 fully saturated rings. The Balaban J connectivity index is 2.50. The zero-order valence-electron chi connectivity index (χ0n) is 10.2. The number of anilines is 1. The molecule has 2 aromatic rings. The molecule has 0 aliphatic heterocycles. The molecule has 0 aromatic carbocycles. The fraction of sp³-hybridized carbons (Fsp3) is 0.500. The van der Waals surface area contributed by atoms with E-state index in [1.165, 1.54) is 5.56 Å². The maximum absolute atomic E-state index is 4.28. The first-order valence-corrected chi connectivity index (χ1v) is 5.67. The predicted molar refractivity (Wildman–Crippen MR) is 65.8 cm³/mol. The fourth-order valence-corrected chi connectivity index (χ4v) is 1.65. The largest absolute Gasteiger partial charge is 0.366 e. The van der Waals surface area contributed by atoms with Crippen molar-refractivity contribution in [3.8, 4) is 0 Å². The first-order chi connectivity index (χ1) is 7.58. The van der Waals surface area contributed by atoms with Gasteiger partial charge in [0.25, 0.3) is 0 Å². The van der Waals surface area contributed by atoms with E-state index in [9.17, 15) is 0 Å². The summed E-state index contributed by atoms with van der Waals surface area (Å²) in [6.45, 7) is 8.56. The van der Waals surface area contributed by atoms with Crippen molar-refractivity contribution in [2.75, 3.05) is 5.32 Å². The van der Waals surface area contributed by atoms with Gasteiger partial charge in [-0.15, -0.1) is 0 Å². The molecule has 0 unspecified atom stereocenters. The summed E-state index contributed by atoms with van der Waals surface area (Å²) in [7, 11) is 0. The molecule has 0 radical (unpaired) electrons. The molecule has 2 aromatic heterocycles. The Hall–Kier alpha value is -1.58. The van der Waals surface area contributed by atoms with Gasteiger partial charge in [-0.2, -0.15) is 5.10 Å². The highest BCUT2D eigenvalue weighted by Gasteiger charge is 2.09. The van der Waals surface area contributed by atoms with E-state index in [1.54, 1.807) is 6.33 Å². The Morgan fingerprint density at radius 2 is 2.00 bits per heavy atom. The van der Waals surface area contributed by atoms with Gasteiger partial charge in [0, 0.05) is 12.2 Å². The summed E-state index contributed by atoms with van der Waals surface area (Å²) < 4.78 is 1.88. The number of hydrogen-bond donors (Lipinski definition) is 1. The predicted octanol–water partition coefficient (Wildman–Crippen LogP) is 2.67. The van der Waals surface area contributed by atoms with Crippen molar-refractivity contribution >= 4 is 11.3 Å². The molecule has 0 amide bonds. The Bertz CT molecular complexity index is 485. The zero-order valence-corrected chi connectivity index (χ0v) is 10.2. The summed E-state index contributed by atoms with van der Waals surface area (Å²) in [6.07, 6.45) is 3.65. The summed E-state index contributed by atoms with van der Waals surface area (Å²) in [6, 6.07) is 2.52. The SMILES string of the molecule is CC(C)Nc1ncnn2cc(C(C)C)cc12. The van der Waals surface area contributed by atoms with Crippen LogP contribution in [-0.2, 0) is 0 Å². The van der Waals surface area contributed by atoms with Crippen LogP contribution in [0.3, 0.4) is 0 Å². The third-order valence-electron chi connectivity index (χ3n) is 2.52. The molecule has 2 heterocycles. The molecule has 0 spiro atoms. The van der Waals surface area contributed by atoms with Crippen LogP contribution in [0.1, 0.15) is 39.2 Å². The molecule has 1 N–H and O–H groups in total. The van der Waals surface area contributed by atoms with Crippen LogP contribution < -0.4 is 5.32 Å². The Morgan fingerprint density at radius 1 is 1.25 bits per heavy atom. The molecule has 0 atom stereocenters. The topological polar surface area (TPSA) is 42.2 Å². The van der Waals surface area contributed by atoms with Gasteiger partial charge in [0.1, 0.15) is 11.8 Å². The van der Waals surface area contributed by atoms with Crippen molar-refractivity contribution in [1.29, 1.82) is 0 Å². The van der Waals surface area contributed by atoms with Crippen LogP contribution in [0, 0.1) is 0 Å². The van der Waals surface area contributed by atoms with Gasteiger partial charge < -0.3 is 5.32 Å². The molecule has 4 nitrogen and oxygen atoms in total. The van der Waals surface area contributed by atoms with Crippen LogP contribution in [0.25, 0.3) is 5.52 Å². The summed E-state index contributed by atoms with van der Waals surface area (Å²) >= 11 is 0. The lowest BCUT2D eigenvalue weighted by atomic mass is 10.1. The van der Waals surface area contributed by atoms with Crippen LogP contribution in [-0.4, -0.2) is 20.6 Å². The lowest BCUT2D eigenvalue weighted by Gasteiger charge is -2.09. The highest BCUT2D eigenvalue weighted by Crippen LogP contribution is 2.21. The molecule has 2 rings (SSSR count). The molecule has 0 saturated carbocycles. The molecule has 0 bridgehead atoms. The number of nitrogens with one attached hydrogen (secondary N) is 1. The lowest BCUT2D eigenvalue weighted by Crippen LogP contribution is -2.12. The van der Waals surface area contributed by atoms with Crippen LogP contribution in [0.2, 0.25) is 0 Å². The highest BCUT2D eigenvalue weighted by atomic mass is 15.3. The number of hydrogen-bond acceptors (Lipinski definition) is 3. The highest BCUT2D eigenvalue weighted by molar-refractivity contribution is 5.68. The van der Waals surface area contributed by atoms with E-state index in [1.807, 2.05) is 4.52 Å². The minimum absolute atomic E-state index is 0.371. The number of aromatic nitrogens is 3. The Labute approximate surface area is 95.7 Å². The van der Waals surface area contributed by atoms with Gasteiger partial charge in [-0.05, 0) is 31.4 Å². The van der Waals surface area contributed by atoms with E-state index in [-0.39, 0.29) is 0 Å². The molecule has 4 heteroatoms. The van der Waals surface area contributed by atoms with Gasteiger partial charge in [-0.25, -0.2) is 9.50 Å². The van der Waals surface area contributed by atoms with Gasteiger partial charge in [0.15, 0.2) is 5.82 Å². The minimum atomic E-state index is 0.371. The van der Waals surface area contributed by atoms with Crippen LogP contribution in [0.15, 0.2) is 18.6 Å². The first-order valence-electron chi connectivity index (χ1n) is 5.67. The molecular weight excluding hydrogens is 200 g/mol. The van der Waals surface area contributed by atoms with Crippen molar-refractivity contribution in [1.82, 2.24) is 14.6 Å². The van der Waals surface area contributed by atoms with Crippen molar-refractivity contribution < 1.29 is 0 Å². The Morgan fingerprint density at radius 3 is 2.62 bits per heavy atom. The van der Waals surface area contributed by atoms with Crippen LogP contribution >= 0.6 is 0 Å². The number of rotatable bonds is 3. The van der Waals surface area contributed by atoms with Gasteiger partial charge in [-0.1, -0.05) is 13.8 Å². The minimum Gasteiger partial charge on any atom is -0.366 e. The monoisotopic (exact) mass is 218 g/mol. The summed E-state index contributed by atoms with van der Waals surface area (Å²) in [5.41, 5.74) is 2.33. The standard InChI is InChI=1S/C12H18N4/c1-8(2)10-5-11-12(15-9(3)4)13-7-14-16(11)6-10/h5-9H,1-4H3,(H,13,14,15). The average Bonchev–Trinajstić information content (AvgIpc) is 2.61. The van der Waals surface area contributed by atoms with Crippen molar-refractivity contribution in [3.05, 3.63) is 24.2 Å². The van der Waals surface area contributed by atoms with E-state index in [4.69, 9.17) is 0 Å². The molecular formula is C12H18N4. The van der Waals surface area contributed by atoms with Crippen LogP contribution in [0.5, 0.6) is 0 Å². The summed E-state index contributed by atoms with van der Waals surface area (Å²) in [5.74, 6) is 1.41. The smallest absolute Gasteiger partial charge is 0.154 e. The second kappa shape index (κ2) is 4.12. The van der Waals surface area contributed by atoms with Crippen molar-refractivity contribution in [2.24, 2.45) is 0 Å². The maximum Gasteiger partial charge on any atom is 0.154 e. The first kappa shape index (κ1) is 10.9. The van der Waals surface area contributed by atoms with Gasteiger partial charge in [0.2, 0.25) is 0 Å². The summed E-state index contributed by atoms with van der Waals surface area (Å²) in [4.78, 5) is 4.28. The third kappa shape index (κ3) is 2.01. The van der Waals surface area contributed by atoms with Crippen LogP contribution in [0.4, 0.5) is 5.82 Å². The maximum atomic E-state index is 4.28. The van der Waals surface area contributed by atoms with E-state index in [2.05, 4.69) is 55.4 Å². The summed E-state index contributed by atoms with van der Waals surface area (Å²) in [5, 5.41) is 7.55. The average molecular weight is 218 g/mol. The van der Waals surface area contributed by atoms with Gasteiger partial charge in [-0.3, -0.25) is 0 Å². The van der Waals surface area contributed by atoms with Crippen molar-refractivity contribution in [3.63, 3.8) is 0 Å². The number of nitrogens with zero attached hydrogens (tertiary/aromatic N) is 3. The quantitative estimate of drug-likeness (QED) is 0.861. The molecule has 16 heavy (non-hydrogen) atoms. The zero-order chi connectivity index (χ0) is 11.7. The normalized spacial score (nSPS) is 11.6. The third-order valence-corrected chi connectivity index (χ3v) is 2.52. The van der Waals surface area contributed by atoms with Gasteiger partial charge in [0.05, 0.1) is 0 Å². The number of fused-ring (bicyclic) bond motifs is 1. The lowest BCUT2D eigenvalue weighted by molar-refractivity contribution is 0.840. The second-order valence-corrected chi connectivity index (χ2v) is 4.67. The Kier molecular flexibility index (Phi) is 2.81. The second-order valence-electron chi connectivity index (χ2n) is 4.67. The fourth-order valence-electron chi connectivity index (χ4n) is 1.65. The van der Waals surface area contributed by atoms with Gasteiger partial charge >= 0.3 is 0 Å². The van der Waals surface area contributed by atoms with Crippen molar-refractivity contribution in [2.45, 2.75) is 39.7 Å².